The van der Waals surface area contributed by atoms with Gasteiger partial charge < -0.3 is 14.2 Å². The Bertz CT molecular complexity index is 839. The zero-order chi connectivity index (χ0) is 18.0. The van der Waals surface area contributed by atoms with Crippen LogP contribution in [0.1, 0.15) is 11.1 Å². The molecule has 0 saturated heterocycles. The van der Waals surface area contributed by atoms with Crippen LogP contribution < -0.4 is 4.74 Å². The summed E-state index contributed by atoms with van der Waals surface area (Å²) in [5, 5.41) is 0. The average molecular weight is 342 g/mol. The van der Waals surface area contributed by atoms with E-state index in [1.54, 1.807) is 24.3 Å². The second-order valence-electron chi connectivity index (χ2n) is 5.39. The number of hydrogen-bond acceptors (Lipinski definition) is 5. The molecule has 0 unspecified atom stereocenters. The maximum Gasteiger partial charge on any atom is 0.360 e. The van der Waals surface area contributed by atoms with Crippen molar-refractivity contribution in [2.24, 2.45) is 0 Å². The highest BCUT2D eigenvalue weighted by Gasteiger charge is 2.53. The smallest absolute Gasteiger partial charge is 0.360 e. The van der Waals surface area contributed by atoms with Gasteiger partial charge in [0.1, 0.15) is 11.6 Å². The number of benzene rings is 2. The monoisotopic (exact) mass is 342 g/mol. The molecule has 1 aliphatic heterocycles. The topological polar surface area (TPSA) is 61.8 Å². The van der Waals surface area contributed by atoms with Gasteiger partial charge in [0.05, 0.1) is 14.2 Å². The molecule has 25 heavy (non-hydrogen) atoms. The second kappa shape index (κ2) is 6.39. The van der Waals surface area contributed by atoms with Crippen LogP contribution >= 0.6 is 0 Å². The van der Waals surface area contributed by atoms with E-state index in [2.05, 4.69) is 0 Å². The third-order valence-electron chi connectivity index (χ3n) is 4.02. The molecule has 0 bridgehead atoms. The minimum Gasteiger partial charge on any atom is -0.497 e. The van der Waals surface area contributed by atoms with E-state index in [1.165, 1.54) is 44.6 Å². The Morgan fingerprint density at radius 3 is 2.24 bits per heavy atom. The molecular weight excluding hydrogens is 327 g/mol. The Morgan fingerprint density at radius 2 is 1.68 bits per heavy atom. The molecule has 0 aliphatic carbocycles. The Balaban J connectivity index is 2.18. The number of halogens is 1. The first-order valence-corrected chi connectivity index (χ1v) is 7.45. The van der Waals surface area contributed by atoms with Crippen molar-refractivity contribution in [3.8, 4) is 5.75 Å². The van der Waals surface area contributed by atoms with Crippen LogP contribution in [0.2, 0.25) is 0 Å². The molecule has 0 aromatic heterocycles. The molecule has 0 radical (unpaired) electrons. The van der Waals surface area contributed by atoms with E-state index in [1.807, 2.05) is 0 Å². The molecule has 0 spiro atoms. The van der Waals surface area contributed by atoms with Crippen molar-refractivity contribution >= 4 is 17.5 Å². The maximum absolute atomic E-state index is 13.3. The van der Waals surface area contributed by atoms with Gasteiger partial charge >= 0.3 is 11.9 Å². The van der Waals surface area contributed by atoms with Crippen molar-refractivity contribution < 1.29 is 28.2 Å². The van der Waals surface area contributed by atoms with Gasteiger partial charge in [-0.1, -0.05) is 24.3 Å². The Kier molecular flexibility index (Phi) is 4.27. The van der Waals surface area contributed by atoms with Crippen LogP contribution in [-0.4, -0.2) is 26.2 Å². The lowest BCUT2D eigenvalue weighted by Gasteiger charge is -2.29. The van der Waals surface area contributed by atoms with E-state index in [0.717, 1.165) is 0 Å². The first-order chi connectivity index (χ1) is 12.0. The van der Waals surface area contributed by atoms with Crippen molar-refractivity contribution in [3.63, 3.8) is 0 Å². The zero-order valence-electron chi connectivity index (χ0n) is 13.6. The SMILES string of the molecule is COC(=O)[C@@]1(c2ccc(F)cc2)OC(=O)C=C1c1ccc(OC)cc1. The van der Waals surface area contributed by atoms with Gasteiger partial charge in [0.25, 0.3) is 5.60 Å². The van der Waals surface area contributed by atoms with Crippen molar-refractivity contribution in [3.05, 3.63) is 71.6 Å². The first kappa shape index (κ1) is 16.7. The van der Waals surface area contributed by atoms with Crippen molar-refractivity contribution in [1.82, 2.24) is 0 Å². The predicted octanol–water partition coefficient (Wildman–Crippen LogP) is 2.84. The van der Waals surface area contributed by atoms with Gasteiger partial charge in [-0.15, -0.1) is 0 Å². The normalized spacial score (nSPS) is 19.2. The second-order valence-corrected chi connectivity index (χ2v) is 5.39. The summed E-state index contributed by atoms with van der Waals surface area (Å²) in [7, 11) is 2.74. The van der Waals surface area contributed by atoms with Gasteiger partial charge in [-0.3, -0.25) is 0 Å². The third kappa shape index (κ3) is 2.76. The number of esters is 2. The molecule has 0 N–H and O–H groups in total. The van der Waals surface area contributed by atoms with E-state index >= 15 is 0 Å². The summed E-state index contributed by atoms with van der Waals surface area (Å²) >= 11 is 0. The molecule has 0 fully saturated rings. The van der Waals surface area contributed by atoms with Crippen molar-refractivity contribution in [2.45, 2.75) is 5.60 Å². The molecule has 0 amide bonds. The predicted molar refractivity (Wildman–Crippen MR) is 87.2 cm³/mol. The lowest BCUT2D eigenvalue weighted by Crippen LogP contribution is -2.39. The van der Waals surface area contributed by atoms with E-state index in [4.69, 9.17) is 14.2 Å². The number of carbonyl (C=O) groups excluding carboxylic acids is 2. The Hall–Kier alpha value is -3.15. The summed E-state index contributed by atoms with van der Waals surface area (Å²) in [4.78, 5) is 24.6. The standard InChI is InChI=1S/C19H15FO5/c1-23-15-9-3-12(4-10-15)16-11-17(21)25-19(16,18(22)24-2)13-5-7-14(20)8-6-13/h3-11H,1-2H3/t19-/m0/s1. The fourth-order valence-corrected chi connectivity index (χ4v) is 2.82. The largest absolute Gasteiger partial charge is 0.497 e. The van der Waals surface area contributed by atoms with Gasteiger partial charge in [0.15, 0.2) is 0 Å². The minimum absolute atomic E-state index is 0.300. The summed E-state index contributed by atoms with van der Waals surface area (Å²) in [6.07, 6.45) is 1.24. The summed E-state index contributed by atoms with van der Waals surface area (Å²) < 4.78 is 28.7. The number of ether oxygens (including phenoxy) is 3. The summed E-state index contributed by atoms with van der Waals surface area (Å²) in [5.41, 5.74) is -0.581. The van der Waals surface area contributed by atoms with E-state index in [0.29, 0.717) is 22.4 Å². The number of methoxy groups -OCH3 is 2. The van der Waals surface area contributed by atoms with E-state index < -0.39 is 23.4 Å². The fourth-order valence-electron chi connectivity index (χ4n) is 2.82. The summed E-state index contributed by atoms with van der Waals surface area (Å²) in [5.74, 6) is -1.30. The van der Waals surface area contributed by atoms with Crippen LogP contribution in [0.3, 0.4) is 0 Å². The van der Waals surface area contributed by atoms with Crippen LogP contribution in [-0.2, 0) is 24.7 Å². The number of carbonyl (C=O) groups is 2. The Morgan fingerprint density at radius 1 is 1.04 bits per heavy atom. The summed E-state index contributed by atoms with van der Waals surface area (Å²) in [6, 6.07) is 12.0. The third-order valence-corrected chi connectivity index (χ3v) is 4.02. The van der Waals surface area contributed by atoms with Crippen LogP contribution in [0.4, 0.5) is 4.39 Å². The molecular formula is C19H15FO5. The first-order valence-electron chi connectivity index (χ1n) is 7.45. The fraction of sp³-hybridized carbons (Fsp3) is 0.158. The lowest BCUT2D eigenvalue weighted by atomic mass is 9.83. The molecule has 5 nitrogen and oxygen atoms in total. The van der Waals surface area contributed by atoms with Crippen molar-refractivity contribution in [1.29, 1.82) is 0 Å². The number of rotatable bonds is 4. The Labute approximate surface area is 143 Å². The van der Waals surface area contributed by atoms with Crippen LogP contribution in [0.25, 0.3) is 5.57 Å². The van der Waals surface area contributed by atoms with E-state index in [9.17, 15) is 14.0 Å². The molecule has 1 aliphatic rings. The minimum atomic E-state index is -1.78. The van der Waals surface area contributed by atoms with Gasteiger partial charge in [0.2, 0.25) is 0 Å². The highest BCUT2D eigenvalue weighted by atomic mass is 19.1. The highest BCUT2D eigenvalue weighted by Crippen LogP contribution is 2.45. The summed E-state index contributed by atoms with van der Waals surface area (Å²) in [6.45, 7) is 0. The molecule has 1 atom stereocenters. The van der Waals surface area contributed by atoms with Gasteiger partial charge in [0, 0.05) is 17.2 Å². The van der Waals surface area contributed by atoms with Crippen molar-refractivity contribution in [2.75, 3.05) is 14.2 Å². The van der Waals surface area contributed by atoms with Crippen LogP contribution in [0.5, 0.6) is 5.75 Å². The molecule has 1 heterocycles. The molecule has 128 valence electrons. The number of cyclic esters (lactones) is 1. The molecule has 6 heteroatoms. The van der Waals surface area contributed by atoms with Gasteiger partial charge in [-0.05, 0) is 29.8 Å². The highest BCUT2D eigenvalue weighted by molar-refractivity contribution is 6.09. The quantitative estimate of drug-likeness (QED) is 0.800. The molecule has 2 aromatic rings. The molecule has 3 rings (SSSR count). The lowest BCUT2D eigenvalue weighted by molar-refractivity contribution is -0.169. The van der Waals surface area contributed by atoms with E-state index in [-0.39, 0.29) is 0 Å². The van der Waals surface area contributed by atoms with Crippen LogP contribution in [0, 0.1) is 5.82 Å². The zero-order valence-corrected chi connectivity index (χ0v) is 13.6. The maximum atomic E-state index is 13.3. The molecule has 0 saturated carbocycles. The molecule has 2 aromatic carbocycles. The van der Waals surface area contributed by atoms with Crippen LogP contribution in [0.15, 0.2) is 54.6 Å². The average Bonchev–Trinajstić information content (AvgIpc) is 3.00. The van der Waals surface area contributed by atoms with Gasteiger partial charge in [-0.2, -0.15) is 0 Å². The number of hydrogen-bond donors (Lipinski definition) is 0. The van der Waals surface area contributed by atoms with Gasteiger partial charge in [-0.25, -0.2) is 14.0 Å².